The van der Waals surface area contributed by atoms with Crippen molar-refractivity contribution in [1.29, 1.82) is 0 Å². The number of rotatable bonds is 4. The van der Waals surface area contributed by atoms with Crippen LogP contribution in [-0.4, -0.2) is 28.1 Å². The lowest BCUT2D eigenvalue weighted by Crippen LogP contribution is -2.31. The molecule has 4 nitrogen and oxygen atoms in total. The minimum absolute atomic E-state index is 0.597. The molecule has 0 bridgehead atoms. The number of nitrogens with zero attached hydrogens (tertiary/aromatic N) is 3. The van der Waals surface area contributed by atoms with Gasteiger partial charge in [0.05, 0.1) is 5.69 Å². The maximum atomic E-state index is 4.20. The minimum atomic E-state index is 0.597. The Labute approximate surface area is 103 Å². The van der Waals surface area contributed by atoms with Crippen molar-refractivity contribution in [1.82, 2.24) is 20.3 Å². The molecule has 1 aromatic rings. The van der Waals surface area contributed by atoms with Gasteiger partial charge in [-0.1, -0.05) is 18.1 Å². The predicted octanol–water partition coefficient (Wildman–Crippen LogP) is 1.38. The highest BCUT2D eigenvalue weighted by molar-refractivity contribution is 5.08. The summed E-state index contributed by atoms with van der Waals surface area (Å²) in [5.41, 5.74) is 1.12. The first kappa shape index (κ1) is 11.2. The molecule has 0 saturated heterocycles. The number of aryl methyl sites for hydroxylation is 1. The molecule has 17 heavy (non-hydrogen) atoms. The van der Waals surface area contributed by atoms with Crippen molar-refractivity contribution < 1.29 is 0 Å². The molecule has 0 spiro atoms. The second kappa shape index (κ2) is 4.41. The van der Waals surface area contributed by atoms with Crippen molar-refractivity contribution in [2.24, 2.45) is 24.8 Å². The molecule has 2 fully saturated rings. The van der Waals surface area contributed by atoms with Crippen LogP contribution in [0.3, 0.4) is 0 Å². The van der Waals surface area contributed by atoms with E-state index in [4.69, 9.17) is 0 Å². The largest absolute Gasteiger partial charge is 0.316 e. The van der Waals surface area contributed by atoms with Crippen LogP contribution in [0.25, 0.3) is 0 Å². The maximum absolute atomic E-state index is 4.20. The lowest BCUT2D eigenvalue weighted by Gasteiger charge is -2.14. The minimum Gasteiger partial charge on any atom is -0.316 e. The van der Waals surface area contributed by atoms with Crippen molar-refractivity contribution in [3.05, 3.63) is 11.9 Å². The third kappa shape index (κ3) is 2.10. The molecular formula is C13H22N4. The van der Waals surface area contributed by atoms with E-state index in [-0.39, 0.29) is 0 Å². The monoisotopic (exact) mass is 234 g/mol. The molecule has 94 valence electrons. The van der Waals surface area contributed by atoms with Crippen LogP contribution in [0.2, 0.25) is 0 Å². The number of likely N-dealkylation sites (N-methyl/N-ethyl adjacent to an activating group) is 1. The van der Waals surface area contributed by atoms with Crippen LogP contribution < -0.4 is 5.32 Å². The first-order valence-electron chi connectivity index (χ1n) is 6.82. The van der Waals surface area contributed by atoms with Gasteiger partial charge in [0.15, 0.2) is 0 Å². The summed E-state index contributed by atoms with van der Waals surface area (Å²) >= 11 is 0. The zero-order valence-electron chi connectivity index (χ0n) is 10.8. The van der Waals surface area contributed by atoms with Gasteiger partial charge in [0.1, 0.15) is 0 Å². The first-order chi connectivity index (χ1) is 8.29. The molecule has 2 saturated carbocycles. The standard InChI is InChI=1S/C13H22N4/c1-14-12(7-9-8-17(2)16-15-9)13-10-5-3-4-6-11(10)13/h8,10-14H,3-7H2,1-2H3. The highest BCUT2D eigenvalue weighted by Gasteiger charge is 2.53. The van der Waals surface area contributed by atoms with E-state index >= 15 is 0 Å². The highest BCUT2D eigenvalue weighted by atomic mass is 15.4. The van der Waals surface area contributed by atoms with E-state index in [1.54, 1.807) is 4.68 Å². The van der Waals surface area contributed by atoms with Gasteiger partial charge >= 0.3 is 0 Å². The Morgan fingerprint density at radius 1 is 1.41 bits per heavy atom. The van der Waals surface area contributed by atoms with Crippen LogP contribution in [-0.2, 0) is 13.5 Å². The fourth-order valence-corrected chi connectivity index (χ4v) is 3.79. The molecule has 3 unspecified atom stereocenters. The summed E-state index contributed by atoms with van der Waals surface area (Å²) < 4.78 is 1.79. The van der Waals surface area contributed by atoms with Crippen molar-refractivity contribution in [3.8, 4) is 0 Å². The van der Waals surface area contributed by atoms with Crippen LogP contribution in [0, 0.1) is 17.8 Å². The third-order valence-corrected chi connectivity index (χ3v) is 4.64. The Kier molecular flexibility index (Phi) is 2.90. The Morgan fingerprint density at radius 3 is 2.65 bits per heavy atom. The molecule has 0 aromatic carbocycles. The average Bonchev–Trinajstić information content (AvgIpc) is 2.93. The number of fused-ring (bicyclic) bond motifs is 1. The normalized spacial score (nSPS) is 33.2. The molecule has 2 aliphatic carbocycles. The molecule has 3 rings (SSSR count). The summed E-state index contributed by atoms with van der Waals surface area (Å²) in [5.74, 6) is 2.89. The summed E-state index contributed by atoms with van der Waals surface area (Å²) in [6.07, 6.45) is 8.86. The van der Waals surface area contributed by atoms with E-state index in [1.165, 1.54) is 25.7 Å². The lowest BCUT2D eigenvalue weighted by atomic mass is 10.0. The Morgan fingerprint density at radius 2 is 2.12 bits per heavy atom. The van der Waals surface area contributed by atoms with Crippen LogP contribution in [0.15, 0.2) is 6.20 Å². The van der Waals surface area contributed by atoms with Crippen LogP contribution in [0.5, 0.6) is 0 Å². The molecule has 1 aromatic heterocycles. The summed E-state index contributed by atoms with van der Waals surface area (Å²) in [6.45, 7) is 0. The van der Waals surface area contributed by atoms with E-state index in [9.17, 15) is 0 Å². The number of hydrogen-bond acceptors (Lipinski definition) is 3. The van der Waals surface area contributed by atoms with Gasteiger partial charge in [-0.25, -0.2) is 0 Å². The molecule has 2 aliphatic rings. The van der Waals surface area contributed by atoms with Gasteiger partial charge in [0, 0.05) is 25.7 Å². The first-order valence-corrected chi connectivity index (χ1v) is 6.82. The van der Waals surface area contributed by atoms with Crippen molar-refractivity contribution in [2.75, 3.05) is 7.05 Å². The van der Waals surface area contributed by atoms with Crippen LogP contribution in [0.1, 0.15) is 31.4 Å². The van der Waals surface area contributed by atoms with E-state index in [0.29, 0.717) is 6.04 Å². The number of hydrogen-bond donors (Lipinski definition) is 1. The second-order valence-electron chi connectivity index (χ2n) is 5.67. The summed E-state index contributed by atoms with van der Waals surface area (Å²) in [7, 11) is 4.02. The third-order valence-electron chi connectivity index (χ3n) is 4.64. The van der Waals surface area contributed by atoms with Gasteiger partial charge in [-0.2, -0.15) is 0 Å². The van der Waals surface area contributed by atoms with Gasteiger partial charge in [-0.05, 0) is 37.6 Å². The predicted molar refractivity (Wildman–Crippen MR) is 66.5 cm³/mol. The fourth-order valence-electron chi connectivity index (χ4n) is 3.79. The highest BCUT2D eigenvalue weighted by Crippen LogP contribution is 2.57. The van der Waals surface area contributed by atoms with E-state index in [1.807, 2.05) is 13.2 Å². The van der Waals surface area contributed by atoms with Gasteiger partial charge < -0.3 is 5.32 Å². The maximum Gasteiger partial charge on any atom is 0.0842 e. The lowest BCUT2D eigenvalue weighted by molar-refractivity contribution is 0.456. The van der Waals surface area contributed by atoms with Crippen molar-refractivity contribution in [3.63, 3.8) is 0 Å². The zero-order valence-corrected chi connectivity index (χ0v) is 10.8. The van der Waals surface area contributed by atoms with Crippen LogP contribution >= 0.6 is 0 Å². The Bertz CT molecular complexity index is 375. The second-order valence-corrected chi connectivity index (χ2v) is 5.67. The smallest absolute Gasteiger partial charge is 0.0842 e. The van der Waals surface area contributed by atoms with Gasteiger partial charge in [0.2, 0.25) is 0 Å². The fraction of sp³-hybridized carbons (Fsp3) is 0.846. The van der Waals surface area contributed by atoms with E-state index in [2.05, 4.69) is 22.7 Å². The van der Waals surface area contributed by atoms with Gasteiger partial charge in [0.25, 0.3) is 0 Å². The number of nitrogens with one attached hydrogen (secondary N) is 1. The Hall–Kier alpha value is -0.900. The average molecular weight is 234 g/mol. The zero-order chi connectivity index (χ0) is 11.8. The Balaban J connectivity index is 1.64. The van der Waals surface area contributed by atoms with Crippen LogP contribution in [0.4, 0.5) is 0 Å². The van der Waals surface area contributed by atoms with Crippen molar-refractivity contribution >= 4 is 0 Å². The molecular weight excluding hydrogens is 212 g/mol. The summed E-state index contributed by atoms with van der Waals surface area (Å²) in [4.78, 5) is 0. The molecule has 4 heteroatoms. The van der Waals surface area contributed by atoms with E-state index < -0.39 is 0 Å². The molecule has 1 heterocycles. The van der Waals surface area contributed by atoms with E-state index in [0.717, 1.165) is 29.9 Å². The molecule has 0 amide bonds. The number of aromatic nitrogens is 3. The molecule has 3 atom stereocenters. The molecule has 1 N–H and O–H groups in total. The SMILES string of the molecule is CNC(Cc1cn(C)nn1)C1C2CCCCC21. The topological polar surface area (TPSA) is 42.7 Å². The van der Waals surface area contributed by atoms with Gasteiger partial charge in [-0.3, -0.25) is 4.68 Å². The quantitative estimate of drug-likeness (QED) is 0.856. The van der Waals surface area contributed by atoms with Gasteiger partial charge in [-0.15, -0.1) is 5.10 Å². The van der Waals surface area contributed by atoms with Crippen molar-refractivity contribution in [2.45, 2.75) is 38.1 Å². The summed E-state index contributed by atoms with van der Waals surface area (Å²) in [5, 5.41) is 11.7. The molecule has 0 aliphatic heterocycles. The molecule has 0 radical (unpaired) electrons. The summed E-state index contributed by atoms with van der Waals surface area (Å²) in [6, 6.07) is 0.597.